The Bertz CT molecular complexity index is 720. The maximum absolute atomic E-state index is 12.4. The molecule has 0 saturated carbocycles. The zero-order valence-corrected chi connectivity index (χ0v) is 15.5. The Kier molecular flexibility index (Phi) is 6.22. The third kappa shape index (κ3) is 4.40. The van der Waals surface area contributed by atoms with Gasteiger partial charge < -0.3 is 15.4 Å². The summed E-state index contributed by atoms with van der Waals surface area (Å²) >= 11 is 0. The maximum Gasteiger partial charge on any atom is 0.273 e. The van der Waals surface area contributed by atoms with Gasteiger partial charge in [-0.25, -0.2) is 4.68 Å². The van der Waals surface area contributed by atoms with Gasteiger partial charge in [-0.3, -0.25) is 4.79 Å². The predicted molar refractivity (Wildman–Crippen MR) is 99.5 cm³/mol. The minimum atomic E-state index is -0.141. The lowest BCUT2D eigenvalue weighted by molar-refractivity contribution is 0.0947. The number of amides is 1. The molecule has 7 nitrogen and oxygen atoms in total. The molecule has 0 aliphatic carbocycles. The van der Waals surface area contributed by atoms with Crippen LogP contribution >= 0.6 is 0 Å². The van der Waals surface area contributed by atoms with Crippen molar-refractivity contribution in [2.24, 2.45) is 0 Å². The Morgan fingerprint density at radius 2 is 2.04 bits per heavy atom. The standard InChI is InChI=1S/C19H27N5O2/c1-14-18(22-23-24(14)16-9-12-20-13-10-16)19(25)21-11-3-4-15-5-7-17(26-2)8-6-15/h5-8,16,20H,3-4,9-13H2,1-2H3,(H,21,25). The van der Waals surface area contributed by atoms with E-state index in [-0.39, 0.29) is 5.91 Å². The lowest BCUT2D eigenvalue weighted by Gasteiger charge is -2.23. The molecule has 1 fully saturated rings. The Morgan fingerprint density at radius 3 is 2.73 bits per heavy atom. The van der Waals surface area contributed by atoms with Crippen molar-refractivity contribution >= 4 is 5.91 Å². The van der Waals surface area contributed by atoms with E-state index in [1.807, 2.05) is 23.7 Å². The molecule has 7 heteroatoms. The van der Waals surface area contributed by atoms with Gasteiger partial charge in [0.15, 0.2) is 5.69 Å². The molecule has 1 aromatic carbocycles. The van der Waals surface area contributed by atoms with Crippen LogP contribution in [0.15, 0.2) is 24.3 Å². The number of aromatic nitrogens is 3. The summed E-state index contributed by atoms with van der Waals surface area (Å²) in [5, 5.41) is 14.6. The van der Waals surface area contributed by atoms with Crippen molar-refractivity contribution in [3.63, 3.8) is 0 Å². The highest BCUT2D eigenvalue weighted by molar-refractivity contribution is 5.93. The summed E-state index contributed by atoms with van der Waals surface area (Å²) < 4.78 is 7.07. The van der Waals surface area contributed by atoms with E-state index in [1.54, 1.807) is 7.11 Å². The molecule has 0 spiro atoms. The number of hydrogen-bond donors (Lipinski definition) is 2. The number of methoxy groups -OCH3 is 1. The average Bonchev–Trinajstić information content (AvgIpc) is 3.07. The fourth-order valence-electron chi connectivity index (χ4n) is 3.32. The van der Waals surface area contributed by atoms with Crippen LogP contribution in [0, 0.1) is 6.92 Å². The molecule has 0 unspecified atom stereocenters. The van der Waals surface area contributed by atoms with Crippen molar-refractivity contribution < 1.29 is 9.53 Å². The van der Waals surface area contributed by atoms with Crippen molar-refractivity contribution in [2.75, 3.05) is 26.7 Å². The summed E-state index contributed by atoms with van der Waals surface area (Å²) in [4.78, 5) is 12.4. The Balaban J connectivity index is 1.48. The second-order valence-corrected chi connectivity index (χ2v) is 6.66. The number of aryl methyl sites for hydroxylation is 1. The first-order valence-corrected chi connectivity index (χ1v) is 9.22. The lowest BCUT2D eigenvalue weighted by Crippen LogP contribution is -2.30. The minimum Gasteiger partial charge on any atom is -0.497 e. The van der Waals surface area contributed by atoms with Gasteiger partial charge in [0, 0.05) is 6.54 Å². The zero-order chi connectivity index (χ0) is 18.4. The molecule has 1 aliphatic heterocycles. The minimum absolute atomic E-state index is 0.141. The highest BCUT2D eigenvalue weighted by Gasteiger charge is 2.22. The average molecular weight is 357 g/mol. The lowest BCUT2D eigenvalue weighted by atomic mass is 10.1. The topological polar surface area (TPSA) is 81.1 Å². The summed E-state index contributed by atoms with van der Waals surface area (Å²) in [5.74, 6) is 0.715. The third-order valence-corrected chi connectivity index (χ3v) is 4.88. The first-order valence-electron chi connectivity index (χ1n) is 9.22. The van der Waals surface area contributed by atoms with Crippen LogP contribution in [0.1, 0.15) is 47.1 Å². The van der Waals surface area contributed by atoms with Crippen LogP contribution in [0.5, 0.6) is 5.75 Å². The SMILES string of the molecule is COc1ccc(CCCNC(=O)c2nnn(C3CCNCC3)c2C)cc1. The molecule has 0 radical (unpaired) electrons. The fourth-order valence-corrected chi connectivity index (χ4v) is 3.32. The zero-order valence-electron chi connectivity index (χ0n) is 15.5. The molecule has 1 saturated heterocycles. The number of carbonyl (C=O) groups excluding carboxylic acids is 1. The summed E-state index contributed by atoms with van der Waals surface area (Å²) in [6, 6.07) is 8.35. The van der Waals surface area contributed by atoms with Crippen molar-refractivity contribution in [1.82, 2.24) is 25.6 Å². The van der Waals surface area contributed by atoms with Crippen LogP contribution < -0.4 is 15.4 Å². The second kappa shape index (κ2) is 8.80. The normalized spacial score (nSPS) is 15.0. The smallest absolute Gasteiger partial charge is 0.273 e. The van der Waals surface area contributed by atoms with Gasteiger partial charge in [-0.1, -0.05) is 17.3 Å². The summed E-state index contributed by atoms with van der Waals surface area (Å²) in [6.07, 6.45) is 3.82. The molecule has 26 heavy (non-hydrogen) atoms. The van der Waals surface area contributed by atoms with E-state index in [0.29, 0.717) is 18.3 Å². The maximum atomic E-state index is 12.4. The van der Waals surface area contributed by atoms with Crippen molar-refractivity contribution in [3.05, 3.63) is 41.2 Å². The monoisotopic (exact) mass is 357 g/mol. The predicted octanol–water partition coefficient (Wildman–Crippen LogP) is 1.88. The molecule has 1 amide bonds. The molecular weight excluding hydrogens is 330 g/mol. The first-order chi connectivity index (χ1) is 12.7. The van der Waals surface area contributed by atoms with Gasteiger partial charge in [0.25, 0.3) is 5.91 Å². The van der Waals surface area contributed by atoms with Crippen LogP contribution in [0.25, 0.3) is 0 Å². The highest BCUT2D eigenvalue weighted by atomic mass is 16.5. The van der Waals surface area contributed by atoms with Gasteiger partial charge >= 0.3 is 0 Å². The summed E-state index contributed by atoms with van der Waals surface area (Å²) in [5.41, 5.74) is 2.52. The Morgan fingerprint density at radius 1 is 1.31 bits per heavy atom. The molecule has 3 rings (SSSR count). The number of ether oxygens (including phenoxy) is 1. The number of carbonyl (C=O) groups is 1. The molecule has 1 aromatic heterocycles. The van der Waals surface area contributed by atoms with E-state index in [0.717, 1.165) is 50.2 Å². The highest BCUT2D eigenvalue weighted by Crippen LogP contribution is 2.20. The van der Waals surface area contributed by atoms with Crippen molar-refractivity contribution in [2.45, 2.75) is 38.6 Å². The van der Waals surface area contributed by atoms with Crippen LogP contribution in [-0.2, 0) is 6.42 Å². The van der Waals surface area contributed by atoms with E-state index in [1.165, 1.54) is 5.56 Å². The second-order valence-electron chi connectivity index (χ2n) is 6.66. The van der Waals surface area contributed by atoms with E-state index in [2.05, 4.69) is 33.1 Å². The molecule has 2 aromatic rings. The summed E-state index contributed by atoms with van der Waals surface area (Å²) in [6.45, 7) is 4.51. The van der Waals surface area contributed by atoms with E-state index >= 15 is 0 Å². The van der Waals surface area contributed by atoms with E-state index < -0.39 is 0 Å². The molecule has 1 aliphatic rings. The number of nitrogens with one attached hydrogen (secondary N) is 2. The number of hydrogen-bond acceptors (Lipinski definition) is 5. The Labute approximate surface area is 154 Å². The Hall–Kier alpha value is -2.41. The van der Waals surface area contributed by atoms with Crippen LogP contribution in [0.3, 0.4) is 0 Å². The quantitative estimate of drug-likeness (QED) is 0.740. The largest absolute Gasteiger partial charge is 0.497 e. The van der Waals surface area contributed by atoms with Crippen molar-refractivity contribution in [3.8, 4) is 5.75 Å². The van der Waals surface area contributed by atoms with Crippen LogP contribution in [0.2, 0.25) is 0 Å². The first kappa shape index (κ1) is 18.4. The van der Waals surface area contributed by atoms with E-state index in [4.69, 9.17) is 4.74 Å². The van der Waals surface area contributed by atoms with Gasteiger partial charge in [0.1, 0.15) is 5.75 Å². The third-order valence-electron chi connectivity index (χ3n) is 4.88. The molecule has 0 atom stereocenters. The van der Waals surface area contributed by atoms with Gasteiger partial charge in [-0.15, -0.1) is 5.10 Å². The molecule has 0 bridgehead atoms. The molecule has 2 heterocycles. The van der Waals surface area contributed by atoms with Gasteiger partial charge in [-0.2, -0.15) is 0 Å². The van der Waals surface area contributed by atoms with Crippen molar-refractivity contribution in [1.29, 1.82) is 0 Å². The molecular formula is C19H27N5O2. The van der Waals surface area contributed by atoms with Crippen LogP contribution in [0.4, 0.5) is 0 Å². The summed E-state index contributed by atoms with van der Waals surface area (Å²) in [7, 11) is 1.66. The van der Waals surface area contributed by atoms with E-state index in [9.17, 15) is 4.79 Å². The molecule has 2 N–H and O–H groups in total. The van der Waals surface area contributed by atoms with Gasteiger partial charge in [0.2, 0.25) is 0 Å². The van der Waals surface area contributed by atoms with Gasteiger partial charge in [-0.05, 0) is 63.4 Å². The fraction of sp³-hybridized carbons (Fsp3) is 0.526. The number of piperidine rings is 1. The number of rotatable bonds is 7. The van der Waals surface area contributed by atoms with Gasteiger partial charge in [0.05, 0.1) is 18.8 Å². The number of nitrogens with zero attached hydrogens (tertiary/aromatic N) is 3. The van der Waals surface area contributed by atoms with Crippen LogP contribution in [-0.4, -0.2) is 47.6 Å². The number of benzene rings is 1. The molecule has 140 valence electrons.